The Hall–Kier alpha value is -2.46. The summed E-state index contributed by atoms with van der Waals surface area (Å²) in [6.45, 7) is 2.21. The summed E-state index contributed by atoms with van der Waals surface area (Å²) in [7, 11) is -2.35. The van der Waals surface area contributed by atoms with E-state index in [4.69, 9.17) is 4.74 Å². The van der Waals surface area contributed by atoms with Gasteiger partial charge in [-0.25, -0.2) is 18.0 Å². The lowest BCUT2D eigenvalue weighted by atomic mass is 10.2. The molecular weight excluding hydrogens is 374 g/mol. The Labute approximate surface area is 158 Å². The van der Waals surface area contributed by atoms with Gasteiger partial charge in [0.25, 0.3) is 5.91 Å². The highest BCUT2D eigenvalue weighted by molar-refractivity contribution is 7.89. The minimum absolute atomic E-state index is 0.00122. The lowest BCUT2D eigenvalue weighted by Crippen LogP contribution is -2.43. The molecule has 1 aromatic carbocycles. The van der Waals surface area contributed by atoms with Crippen molar-refractivity contribution >= 4 is 27.9 Å². The Balaban J connectivity index is 2.11. The van der Waals surface area contributed by atoms with Crippen molar-refractivity contribution < 1.29 is 27.5 Å². The maximum absolute atomic E-state index is 12.7. The van der Waals surface area contributed by atoms with Crippen LogP contribution in [0.4, 0.5) is 4.79 Å². The zero-order valence-electron chi connectivity index (χ0n) is 15.2. The molecule has 1 heterocycles. The van der Waals surface area contributed by atoms with Crippen LogP contribution in [0, 0.1) is 0 Å². The summed E-state index contributed by atoms with van der Waals surface area (Å²) in [6.07, 6.45) is 1.38. The molecule has 148 valence electrons. The molecule has 1 aliphatic heterocycles. The first-order valence-electron chi connectivity index (χ1n) is 8.59. The summed E-state index contributed by atoms with van der Waals surface area (Å²) in [5.74, 6) is -1.65. The molecule has 1 aliphatic rings. The Morgan fingerprint density at radius 3 is 2.44 bits per heavy atom. The number of hydrogen-bond acceptors (Lipinski definition) is 6. The van der Waals surface area contributed by atoms with E-state index in [2.05, 4.69) is 5.32 Å². The summed E-state index contributed by atoms with van der Waals surface area (Å²) in [4.78, 5) is 35.2. The van der Waals surface area contributed by atoms with Crippen molar-refractivity contribution in [3.63, 3.8) is 0 Å². The quantitative estimate of drug-likeness (QED) is 0.711. The second kappa shape index (κ2) is 8.96. The van der Waals surface area contributed by atoms with E-state index < -0.39 is 34.0 Å². The molecule has 2 N–H and O–H groups in total. The molecule has 0 aliphatic carbocycles. The third-order valence-electron chi connectivity index (χ3n) is 4.14. The van der Waals surface area contributed by atoms with Gasteiger partial charge in [-0.05, 0) is 38.0 Å². The van der Waals surface area contributed by atoms with E-state index in [1.165, 1.54) is 42.5 Å². The van der Waals surface area contributed by atoms with Gasteiger partial charge in [0.1, 0.15) is 0 Å². The number of hydrogen-bond donors (Lipinski definition) is 2. The average Bonchev–Trinajstić information content (AvgIpc) is 2.68. The molecule has 1 aromatic rings. The van der Waals surface area contributed by atoms with Crippen molar-refractivity contribution in [2.75, 3.05) is 20.1 Å². The van der Waals surface area contributed by atoms with E-state index in [-0.39, 0.29) is 10.5 Å². The molecule has 1 fully saturated rings. The zero-order valence-corrected chi connectivity index (χ0v) is 16.0. The fourth-order valence-corrected chi connectivity index (χ4v) is 4.16. The topological polar surface area (TPSA) is 122 Å². The third-order valence-corrected chi connectivity index (χ3v) is 6.03. The predicted octanol–water partition coefficient (Wildman–Crippen LogP) is 0.862. The first-order chi connectivity index (χ1) is 12.8. The molecule has 9 nitrogen and oxygen atoms in total. The number of urea groups is 1. The molecule has 0 bridgehead atoms. The first kappa shape index (κ1) is 20.8. The molecule has 0 aromatic heterocycles. The number of carbonyl (C=O) groups excluding carboxylic acids is 3. The van der Waals surface area contributed by atoms with Crippen LogP contribution in [0.5, 0.6) is 0 Å². The number of imide groups is 1. The number of carbonyl (C=O) groups is 3. The van der Waals surface area contributed by atoms with Crippen LogP contribution in [0.25, 0.3) is 0 Å². The predicted molar refractivity (Wildman–Crippen MR) is 96.5 cm³/mol. The van der Waals surface area contributed by atoms with Crippen molar-refractivity contribution in [2.45, 2.75) is 37.2 Å². The monoisotopic (exact) mass is 397 g/mol. The van der Waals surface area contributed by atoms with Crippen LogP contribution < -0.4 is 10.6 Å². The molecule has 1 saturated heterocycles. The van der Waals surface area contributed by atoms with Crippen LogP contribution in [0.2, 0.25) is 0 Å². The SMILES string of the molecule is CNC(=O)NC(=O)C(C)OC(=O)c1cccc(S(=O)(=O)N2CCCCC2)c1. The molecular formula is C17H23N3O6S. The van der Waals surface area contributed by atoms with Crippen LogP contribution in [0.1, 0.15) is 36.5 Å². The maximum Gasteiger partial charge on any atom is 0.338 e. The fourth-order valence-electron chi connectivity index (χ4n) is 2.60. The number of esters is 1. The minimum Gasteiger partial charge on any atom is -0.449 e. The number of benzene rings is 1. The fraction of sp³-hybridized carbons (Fsp3) is 0.471. The smallest absolute Gasteiger partial charge is 0.338 e. The summed E-state index contributed by atoms with van der Waals surface area (Å²) >= 11 is 0. The highest BCUT2D eigenvalue weighted by Crippen LogP contribution is 2.21. The van der Waals surface area contributed by atoms with Crippen LogP contribution in [-0.4, -0.2) is 56.9 Å². The molecule has 1 atom stereocenters. The van der Waals surface area contributed by atoms with Gasteiger partial charge in [0.05, 0.1) is 10.5 Å². The van der Waals surface area contributed by atoms with Gasteiger partial charge >= 0.3 is 12.0 Å². The van der Waals surface area contributed by atoms with Crippen molar-refractivity contribution in [1.29, 1.82) is 0 Å². The Kier molecular flexibility index (Phi) is 6.92. The lowest BCUT2D eigenvalue weighted by Gasteiger charge is -2.26. The van der Waals surface area contributed by atoms with Gasteiger partial charge in [0, 0.05) is 20.1 Å². The number of amides is 3. The first-order valence-corrected chi connectivity index (χ1v) is 10.0. The van der Waals surface area contributed by atoms with Crippen LogP contribution in [0.3, 0.4) is 0 Å². The van der Waals surface area contributed by atoms with Gasteiger partial charge in [0.2, 0.25) is 10.0 Å². The average molecular weight is 397 g/mol. The number of nitrogens with one attached hydrogen (secondary N) is 2. The summed E-state index contributed by atoms with van der Waals surface area (Å²) < 4.78 is 31.8. The maximum atomic E-state index is 12.7. The second-order valence-electron chi connectivity index (χ2n) is 6.11. The van der Waals surface area contributed by atoms with Crippen molar-refractivity contribution in [2.24, 2.45) is 0 Å². The number of rotatable bonds is 5. The summed E-state index contributed by atoms with van der Waals surface area (Å²) in [5.41, 5.74) is 0.00711. The van der Waals surface area contributed by atoms with Crippen molar-refractivity contribution in [3.05, 3.63) is 29.8 Å². The number of sulfonamides is 1. The highest BCUT2D eigenvalue weighted by atomic mass is 32.2. The normalized spacial score (nSPS) is 16.2. The van der Waals surface area contributed by atoms with Gasteiger partial charge in [-0.2, -0.15) is 4.31 Å². The van der Waals surface area contributed by atoms with E-state index in [0.29, 0.717) is 13.1 Å². The second-order valence-corrected chi connectivity index (χ2v) is 8.05. The Morgan fingerprint density at radius 2 is 1.81 bits per heavy atom. The highest BCUT2D eigenvalue weighted by Gasteiger charge is 2.27. The third kappa shape index (κ3) is 5.27. The molecule has 0 saturated carbocycles. The van der Waals surface area contributed by atoms with Gasteiger partial charge in [-0.15, -0.1) is 0 Å². The molecule has 3 amide bonds. The molecule has 2 rings (SSSR count). The molecule has 0 spiro atoms. The summed E-state index contributed by atoms with van der Waals surface area (Å²) in [5, 5.41) is 4.20. The van der Waals surface area contributed by atoms with E-state index in [9.17, 15) is 22.8 Å². The molecule has 10 heteroatoms. The summed E-state index contributed by atoms with van der Waals surface area (Å²) in [6, 6.07) is 4.78. The van der Waals surface area contributed by atoms with E-state index in [1.54, 1.807) is 0 Å². The van der Waals surface area contributed by atoms with Crippen molar-refractivity contribution in [3.8, 4) is 0 Å². The van der Waals surface area contributed by atoms with Gasteiger partial charge in [0.15, 0.2) is 6.10 Å². The van der Waals surface area contributed by atoms with Crippen LogP contribution >= 0.6 is 0 Å². The lowest BCUT2D eigenvalue weighted by molar-refractivity contribution is -0.127. The van der Waals surface area contributed by atoms with E-state index in [1.807, 2.05) is 5.32 Å². The minimum atomic E-state index is -3.69. The van der Waals surface area contributed by atoms with Crippen LogP contribution in [-0.2, 0) is 19.6 Å². The zero-order chi connectivity index (χ0) is 20.0. The number of nitrogens with zero attached hydrogens (tertiary/aromatic N) is 1. The molecule has 27 heavy (non-hydrogen) atoms. The Morgan fingerprint density at radius 1 is 1.15 bits per heavy atom. The van der Waals surface area contributed by atoms with E-state index in [0.717, 1.165) is 19.3 Å². The van der Waals surface area contributed by atoms with Gasteiger partial charge in [-0.1, -0.05) is 12.5 Å². The molecule has 0 radical (unpaired) electrons. The number of ether oxygens (including phenoxy) is 1. The number of piperidine rings is 1. The molecule has 1 unspecified atom stereocenters. The van der Waals surface area contributed by atoms with Gasteiger partial charge < -0.3 is 10.1 Å². The standard InChI is InChI=1S/C17H23N3O6S/c1-12(15(21)19-17(23)18-2)26-16(22)13-7-6-8-14(11-13)27(24,25)20-9-4-3-5-10-20/h6-8,11-12H,3-5,9-10H2,1-2H3,(H2,18,19,21,23). The van der Waals surface area contributed by atoms with Crippen molar-refractivity contribution in [1.82, 2.24) is 14.9 Å². The van der Waals surface area contributed by atoms with Gasteiger partial charge in [-0.3, -0.25) is 10.1 Å². The largest absolute Gasteiger partial charge is 0.449 e. The van der Waals surface area contributed by atoms with Crippen LogP contribution in [0.15, 0.2) is 29.2 Å². The Bertz CT molecular complexity index is 818. The van der Waals surface area contributed by atoms with E-state index >= 15 is 0 Å².